The highest BCUT2D eigenvalue weighted by Crippen LogP contribution is 2.40. The molecule has 3 aromatic carbocycles. The van der Waals surface area contributed by atoms with Crippen molar-refractivity contribution >= 4 is 60.2 Å². The topological polar surface area (TPSA) is 267 Å². The van der Waals surface area contributed by atoms with Gasteiger partial charge in [0.25, 0.3) is 0 Å². The van der Waals surface area contributed by atoms with Crippen molar-refractivity contribution in [3.05, 3.63) is 75.8 Å². The minimum atomic E-state index is -2.08. The van der Waals surface area contributed by atoms with Crippen LogP contribution in [-0.2, 0) is 20.8 Å². The van der Waals surface area contributed by atoms with Crippen LogP contribution in [0.4, 0.5) is 24.1 Å². The summed E-state index contributed by atoms with van der Waals surface area (Å²) in [6, 6.07) is 4.08. The number of carbonyl (C=O) groups is 6. The van der Waals surface area contributed by atoms with Crippen LogP contribution in [0.15, 0.2) is 42.5 Å². The number of phenolic OH excluding ortho intramolecular Hbond substituents is 3. The number of amides is 7. The lowest BCUT2D eigenvalue weighted by molar-refractivity contribution is -0.153. The van der Waals surface area contributed by atoms with Crippen molar-refractivity contribution in [3.63, 3.8) is 0 Å². The van der Waals surface area contributed by atoms with E-state index in [4.69, 9.17) is 16.3 Å². The molecule has 0 radical (unpaired) electrons. The molecule has 5 rings (SSSR count). The summed E-state index contributed by atoms with van der Waals surface area (Å²) in [7, 11) is -1.98. The zero-order valence-corrected chi connectivity index (χ0v) is 27.7. The number of urea groups is 2. The monoisotopic (exact) mass is 760 g/mol. The van der Waals surface area contributed by atoms with Gasteiger partial charge in [-0.15, -0.1) is 0 Å². The van der Waals surface area contributed by atoms with E-state index in [1.165, 1.54) is 24.3 Å². The number of aromatic carboxylic acids is 1. The van der Waals surface area contributed by atoms with E-state index in [0.717, 1.165) is 17.0 Å². The molecule has 2 heterocycles. The van der Waals surface area contributed by atoms with Gasteiger partial charge in [-0.2, -0.15) is 0 Å². The lowest BCUT2D eigenvalue weighted by Crippen LogP contribution is -2.60. The number of halogens is 3. The number of benzene rings is 3. The Morgan fingerprint density at radius 1 is 1.00 bits per heavy atom. The van der Waals surface area contributed by atoms with Crippen molar-refractivity contribution in [1.29, 1.82) is 0 Å². The Bertz CT molecular complexity index is 2030. The van der Waals surface area contributed by atoms with Crippen LogP contribution >= 0.6 is 11.6 Å². The molecule has 0 aromatic heterocycles. The van der Waals surface area contributed by atoms with Crippen molar-refractivity contribution in [3.8, 4) is 23.0 Å². The SMILES string of the molecule is O=C(NCCN1CCN(C(=O)NC(C(=O)N[C@H]2Cc3ccc(F)c(C(=O)O)c3OB2O)c2cc(F)c(O)c(O)c2Cl)C(=O)C1=O)Nc1cccc(O)c1. The second kappa shape index (κ2) is 15.5. The fourth-order valence-corrected chi connectivity index (χ4v) is 5.74. The first-order valence-corrected chi connectivity index (χ1v) is 15.8. The van der Waals surface area contributed by atoms with Crippen LogP contribution in [0.2, 0.25) is 5.02 Å². The van der Waals surface area contributed by atoms with Gasteiger partial charge in [-0.05, 0) is 36.2 Å². The van der Waals surface area contributed by atoms with E-state index in [1.54, 1.807) is 0 Å². The van der Waals surface area contributed by atoms with Gasteiger partial charge in [0, 0.05) is 43.5 Å². The van der Waals surface area contributed by atoms with E-state index in [9.17, 15) is 63.0 Å². The number of imide groups is 1. The number of hydrogen-bond donors (Lipinski definition) is 9. The van der Waals surface area contributed by atoms with Crippen LogP contribution in [0.5, 0.6) is 23.0 Å². The number of nitrogens with zero attached hydrogens (tertiary/aromatic N) is 2. The second-order valence-electron chi connectivity index (χ2n) is 11.6. The fourth-order valence-electron chi connectivity index (χ4n) is 5.49. The molecule has 2 aliphatic rings. The molecule has 0 saturated carbocycles. The number of phenols is 3. The van der Waals surface area contributed by atoms with Gasteiger partial charge >= 0.3 is 37.0 Å². The normalized spacial score (nSPS) is 15.9. The van der Waals surface area contributed by atoms with Gasteiger partial charge in [0.1, 0.15) is 28.9 Å². The van der Waals surface area contributed by atoms with Gasteiger partial charge in [-0.3, -0.25) is 19.3 Å². The average molecular weight is 761 g/mol. The van der Waals surface area contributed by atoms with E-state index < -0.39 is 106 Å². The third-order valence-corrected chi connectivity index (χ3v) is 8.51. The van der Waals surface area contributed by atoms with Gasteiger partial charge in [0.2, 0.25) is 5.91 Å². The van der Waals surface area contributed by atoms with Crippen molar-refractivity contribution in [1.82, 2.24) is 25.8 Å². The maximum atomic E-state index is 14.6. The summed E-state index contributed by atoms with van der Waals surface area (Å²) < 4.78 is 34.0. The molecule has 7 amide bonds. The number of aromatic hydroxyl groups is 3. The second-order valence-corrected chi connectivity index (χ2v) is 11.9. The van der Waals surface area contributed by atoms with Crippen LogP contribution in [-0.4, -0.2) is 110 Å². The summed E-state index contributed by atoms with van der Waals surface area (Å²) in [5.41, 5.74) is -1.17. The largest absolute Gasteiger partial charge is 0.547 e. The molecule has 0 spiro atoms. The molecule has 0 aliphatic carbocycles. The van der Waals surface area contributed by atoms with Gasteiger partial charge in [0.05, 0.1) is 11.0 Å². The lowest BCUT2D eigenvalue weighted by Gasteiger charge is -2.34. The number of rotatable bonds is 9. The first-order chi connectivity index (χ1) is 25.1. The molecule has 278 valence electrons. The zero-order valence-electron chi connectivity index (χ0n) is 26.9. The van der Waals surface area contributed by atoms with Crippen molar-refractivity contribution in [2.75, 3.05) is 31.5 Å². The van der Waals surface area contributed by atoms with E-state index in [-0.39, 0.29) is 43.1 Å². The molecule has 2 aliphatic heterocycles. The molecule has 1 unspecified atom stereocenters. The summed E-state index contributed by atoms with van der Waals surface area (Å²) in [5.74, 6) is -12.6. The van der Waals surface area contributed by atoms with Gasteiger partial charge < -0.3 is 56.3 Å². The van der Waals surface area contributed by atoms with Crippen LogP contribution in [0.3, 0.4) is 0 Å². The Labute approximate surface area is 302 Å². The molecule has 9 N–H and O–H groups in total. The van der Waals surface area contributed by atoms with Crippen LogP contribution in [0.1, 0.15) is 27.5 Å². The first-order valence-electron chi connectivity index (χ1n) is 15.4. The number of carbonyl (C=O) groups excluding carboxylic acids is 5. The standard InChI is InChI=1S/C31H28BClF2N6O12/c33-21-16(12-18(35)23(43)24(21)44)22(26(45)38-19-10-13-4-5-17(34)20(29(48)49)25(13)53-32(19)52)39-31(51)41-9-8-40(27(46)28(41)47)7-6-36-30(50)37-14-2-1-3-15(42)11-14/h1-5,11-12,19,22,42-44,52H,6-10H2,(H,38,45)(H,39,51)(H,48,49)(H2,36,37,50)/t19-,22?/m0/s1. The summed E-state index contributed by atoms with van der Waals surface area (Å²) in [4.78, 5) is 78.2. The summed E-state index contributed by atoms with van der Waals surface area (Å²) in [6.45, 7) is -0.919. The maximum Gasteiger partial charge on any atom is 0.547 e. The van der Waals surface area contributed by atoms with Gasteiger partial charge in [-0.1, -0.05) is 23.7 Å². The molecular weight excluding hydrogens is 733 g/mol. The Balaban J connectivity index is 1.29. The minimum Gasteiger partial charge on any atom is -0.534 e. The van der Waals surface area contributed by atoms with E-state index in [2.05, 4.69) is 21.3 Å². The molecule has 3 aromatic rings. The number of nitrogens with one attached hydrogen (secondary N) is 4. The smallest absolute Gasteiger partial charge is 0.534 e. The quantitative estimate of drug-likeness (QED) is 0.0834. The van der Waals surface area contributed by atoms with Gasteiger partial charge in [-0.25, -0.2) is 23.2 Å². The summed E-state index contributed by atoms with van der Waals surface area (Å²) in [5, 5.41) is 58.1. The number of carboxylic acids is 1. The van der Waals surface area contributed by atoms with Gasteiger partial charge in [0.15, 0.2) is 17.3 Å². The highest BCUT2D eigenvalue weighted by Gasteiger charge is 2.42. The summed E-state index contributed by atoms with van der Waals surface area (Å²) in [6.07, 6.45) is -0.340. The molecule has 53 heavy (non-hydrogen) atoms. The highest BCUT2D eigenvalue weighted by molar-refractivity contribution is 6.47. The van der Waals surface area contributed by atoms with E-state index in [0.29, 0.717) is 11.0 Å². The molecule has 1 saturated heterocycles. The van der Waals surface area contributed by atoms with Crippen LogP contribution in [0.25, 0.3) is 0 Å². The lowest BCUT2D eigenvalue weighted by atomic mass is 9.72. The van der Waals surface area contributed by atoms with E-state index >= 15 is 0 Å². The predicted molar refractivity (Wildman–Crippen MR) is 177 cm³/mol. The van der Waals surface area contributed by atoms with Crippen molar-refractivity contribution < 1.29 is 67.7 Å². The number of hydrogen-bond acceptors (Lipinski definition) is 11. The third kappa shape index (κ3) is 8.10. The van der Waals surface area contributed by atoms with E-state index in [1.807, 2.05) is 0 Å². The number of piperazine rings is 1. The van der Waals surface area contributed by atoms with Crippen LogP contribution < -0.4 is 25.9 Å². The number of carboxylic acid groups (broad SMARTS) is 1. The third-order valence-electron chi connectivity index (χ3n) is 8.11. The Kier molecular flexibility index (Phi) is 11.1. The molecule has 1 fully saturated rings. The highest BCUT2D eigenvalue weighted by atomic mass is 35.5. The minimum absolute atomic E-state index is 0.0561. The fraction of sp³-hybridized carbons (Fsp3) is 0.226. The predicted octanol–water partition coefficient (Wildman–Crippen LogP) is 0.816. The molecule has 2 atom stereocenters. The van der Waals surface area contributed by atoms with Crippen molar-refractivity contribution in [2.24, 2.45) is 0 Å². The molecular formula is C31H28BClF2N6O12. The number of fused-ring (bicyclic) bond motifs is 1. The Morgan fingerprint density at radius 3 is 2.43 bits per heavy atom. The average Bonchev–Trinajstić information content (AvgIpc) is 3.10. The zero-order chi connectivity index (χ0) is 38.7. The summed E-state index contributed by atoms with van der Waals surface area (Å²) >= 11 is 6.11. The number of anilines is 1. The van der Waals surface area contributed by atoms with Crippen molar-refractivity contribution in [2.45, 2.75) is 18.4 Å². The molecule has 18 nitrogen and oxygen atoms in total. The Hall–Kier alpha value is -6.35. The maximum absolute atomic E-state index is 14.6. The first kappa shape index (κ1) is 37.9. The molecule has 0 bridgehead atoms. The molecule has 22 heteroatoms. The Morgan fingerprint density at radius 2 is 1.74 bits per heavy atom. The van der Waals surface area contributed by atoms with Crippen LogP contribution in [0, 0.1) is 11.6 Å².